The Kier molecular flexibility index (Phi) is 4.30. The van der Waals surface area contributed by atoms with Crippen molar-refractivity contribution in [3.63, 3.8) is 0 Å². The normalized spacial score (nSPS) is 10.8. The van der Waals surface area contributed by atoms with Crippen LogP contribution in [0.3, 0.4) is 0 Å². The summed E-state index contributed by atoms with van der Waals surface area (Å²) in [5.74, 6) is 0.439. The van der Waals surface area contributed by atoms with E-state index in [0.29, 0.717) is 11.5 Å². The van der Waals surface area contributed by atoms with Gasteiger partial charge in [0.2, 0.25) is 5.75 Å². The highest BCUT2D eigenvalue weighted by molar-refractivity contribution is 5.92. The minimum Gasteiger partial charge on any atom is -0.466 e. The molecule has 0 spiro atoms. The Bertz CT molecular complexity index is 730. The first-order valence-electron chi connectivity index (χ1n) is 6.87. The second kappa shape index (κ2) is 6.01. The molecule has 6 heteroatoms. The van der Waals surface area contributed by atoms with Crippen molar-refractivity contribution in [3.05, 3.63) is 57.0 Å². The zero-order chi connectivity index (χ0) is 16.4. The second-order valence-corrected chi connectivity index (χ2v) is 5.36. The number of hydrogen-bond donors (Lipinski definition) is 0. The Hall–Kier alpha value is -2.63. The number of benzene rings is 1. The van der Waals surface area contributed by atoms with Gasteiger partial charge in [-0.3, -0.25) is 10.1 Å². The number of carbonyl (C=O) groups excluding carboxylic acids is 1. The molecule has 2 aromatic rings. The van der Waals surface area contributed by atoms with Crippen molar-refractivity contribution in [1.29, 1.82) is 0 Å². The molecule has 0 aliphatic rings. The molecule has 0 saturated carbocycles. The van der Waals surface area contributed by atoms with Gasteiger partial charge in [-0.1, -0.05) is 19.9 Å². The van der Waals surface area contributed by atoms with Crippen molar-refractivity contribution in [3.8, 4) is 5.75 Å². The van der Waals surface area contributed by atoms with Crippen LogP contribution in [0, 0.1) is 24.0 Å². The molecule has 116 valence electrons. The Balaban J connectivity index is 2.38. The van der Waals surface area contributed by atoms with E-state index in [4.69, 9.17) is 9.15 Å². The van der Waals surface area contributed by atoms with E-state index in [1.165, 1.54) is 12.1 Å². The zero-order valence-corrected chi connectivity index (χ0v) is 12.9. The summed E-state index contributed by atoms with van der Waals surface area (Å²) in [5, 5.41) is 11.1. The fourth-order valence-electron chi connectivity index (χ4n) is 2.11. The smallest absolute Gasteiger partial charge is 0.347 e. The highest BCUT2D eigenvalue weighted by Gasteiger charge is 2.22. The number of ether oxygens (including phenoxy) is 1. The molecule has 0 aliphatic heterocycles. The van der Waals surface area contributed by atoms with E-state index in [1.54, 1.807) is 26.0 Å². The van der Waals surface area contributed by atoms with Crippen molar-refractivity contribution < 1.29 is 18.9 Å². The van der Waals surface area contributed by atoms with E-state index in [2.05, 4.69) is 0 Å². The van der Waals surface area contributed by atoms with Gasteiger partial charge >= 0.3 is 11.7 Å². The number of carbonyl (C=O) groups is 1. The van der Waals surface area contributed by atoms with E-state index in [1.807, 2.05) is 13.8 Å². The molecule has 0 bridgehead atoms. The molecule has 1 aromatic heterocycles. The summed E-state index contributed by atoms with van der Waals surface area (Å²) in [6, 6.07) is 6.09. The lowest BCUT2D eigenvalue weighted by Gasteiger charge is -2.09. The predicted octanol–water partition coefficient (Wildman–Crippen LogP) is 4.15. The molecule has 0 fully saturated rings. The van der Waals surface area contributed by atoms with Crippen molar-refractivity contribution in [2.45, 2.75) is 33.6 Å². The summed E-state index contributed by atoms with van der Waals surface area (Å²) < 4.78 is 10.5. The van der Waals surface area contributed by atoms with Gasteiger partial charge in [0.15, 0.2) is 0 Å². The van der Waals surface area contributed by atoms with Crippen LogP contribution in [0.2, 0.25) is 0 Å². The average Bonchev–Trinajstić information content (AvgIpc) is 2.77. The fraction of sp³-hybridized carbons (Fsp3) is 0.312. The molecule has 0 unspecified atom stereocenters. The van der Waals surface area contributed by atoms with Gasteiger partial charge in [-0.05, 0) is 37.5 Å². The SMILES string of the molecule is Cc1cc(C(=O)Oc2cc(C(C)C)ccc2[N+](=O)[O-])c(C)o1. The number of rotatable bonds is 4. The number of hydrogen-bond acceptors (Lipinski definition) is 5. The van der Waals surface area contributed by atoms with Gasteiger partial charge in [-0.15, -0.1) is 0 Å². The summed E-state index contributed by atoms with van der Waals surface area (Å²) in [5.41, 5.74) is 0.880. The number of nitro benzene ring substituents is 1. The van der Waals surface area contributed by atoms with Crippen molar-refractivity contribution in [2.24, 2.45) is 0 Å². The van der Waals surface area contributed by atoms with Crippen molar-refractivity contribution in [2.75, 3.05) is 0 Å². The first-order valence-corrected chi connectivity index (χ1v) is 6.87. The van der Waals surface area contributed by atoms with Crippen LogP contribution in [0.25, 0.3) is 0 Å². The molecule has 0 aliphatic carbocycles. The van der Waals surface area contributed by atoms with Crippen molar-refractivity contribution >= 4 is 11.7 Å². The van der Waals surface area contributed by atoms with Gasteiger partial charge in [0.25, 0.3) is 0 Å². The maximum Gasteiger partial charge on any atom is 0.347 e. The molecule has 0 radical (unpaired) electrons. The third-order valence-corrected chi connectivity index (χ3v) is 3.31. The minimum absolute atomic E-state index is 0.0561. The van der Waals surface area contributed by atoms with Crippen LogP contribution in [-0.2, 0) is 0 Å². The molecule has 22 heavy (non-hydrogen) atoms. The molecule has 2 rings (SSSR count). The summed E-state index contributed by atoms with van der Waals surface area (Å²) >= 11 is 0. The average molecular weight is 303 g/mol. The zero-order valence-electron chi connectivity index (χ0n) is 12.9. The van der Waals surface area contributed by atoms with Crippen LogP contribution < -0.4 is 4.74 Å². The summed E-state index contributed by atoms with van der Waals surface area (Å²) in [7, 11) is 0. The standard InChI is InChI=1S/C16H17NO5/c1-9(2)12-5-6-14(17(19)20)15(8-12)22-16(18)13-7-10(3)21-11(13)4/h5-9H,1-4H3. The van der Waals surface area contributed by atoms with E-state index in [9.17, 15) is 14.9 Å². The molecule has 6 nitrogen and oxygen atoms in total. The van der Waals surface area contributed by atoms with E-state index < -0.39 is 10.9 Å². The fourth-order valence-corrected chi connectivity index (χ4v) is 2.11. The van der Waals surface area contributed by atoms with Gasteiger partial charge in [-0.2, -0.15) is 0 Å². The van der Waals surface area contributed by atoms with Gasteiger partial charge in [0, 0.05) is 6.07 Å². The van der Waals surface area contributed by atoms with E-state index in [-0.39, 0.29) is 22.9 Å². The number of nitro groups is 1. The number of aryl methyl sites for hydroxylation is 2. The van der Waals surface area contributed by atoms with Crippen LogP contribution in [-0.4, -0.2) is 10.9 Å². The van der Waals surface area contributed by atoms with Crippen LogP contribution in [0.4, 0.5) is 5.69 Å². The summed E-state index contributed by atoms with van der Waals surface area (Å²) in [6.07, 6.45) is 0. The third-order valence-electron chi connectivity index (χ3n) is 3.31. The molecular formula is C16H17NO5. The topological polar surface area (TPSA) is 82.6 Å². The van der Waals surface area contributed by atoms with Crippen LogP contribution in [0.15, 0.2) is 28.7 Å². The number of esters is 1. The molecule has 1 aromatic carbocycles. The molecule has 0 amide bonds. The van der Waals surface area contributed by atoms with Crippen molar-refractivity contribution in [1.82, 2.24) is 0 Å². The Morgan fingerprint density at radius 1 is 1.27 bits per heavy atom. The first-order chi connectivity index (χ1) is 10.3. The summed E-state index contributed by atoms with van der Waals surface area (Å²) in [4.78, 5) is 22.7. The maximum absolute atomic E-state index is 12.2. The van der Waals surface area contributed by atoms with E-state index in [0.717, 1.165) is 5.56 Å². The molecule has 1 heterocycles. The highest BCUT2D eigenvalue weighted by atomic mass is 16.6. The molecule has 0 N–H and O–H groups in total. The van der Waals surface area contributed by atoms with Gasteiger partial charge in [0.1, 0.15) is 17.1 Å². The van der Waals surface area contributed by atoms with Crippen LogP contribution in [0.5, 0.6) is 5.75 Å². The minimum atomic E-state index is -0.668. The lowest BCUT2D eigenvalue weighted by Crippen LogP contribution is -2.10. The Morgan fingerprint density at radius 2 is 1.95 bits per heavy atom. The molecule has 0 saturated heterocycles. The predicted molar refractivity (Wildman–Crippen MR) is 80.3 cm³/mol. The summed E-state index contributed by atoms with van der Waals surface area (Å²) in [6.45, 7) is 7.26. The Morgan fingerprint density at radius 3 is 2.45 bits per heavy atom. The Labute approximate surface area is 127 Å². The van der Waals surface area contributed by atoms with Gasteiger partial charge in [-0.25, -0.2) is 4.79 Å². The third kappa shape index (κ3) is 3.16. The number of furan rings is 1. The van der Waals surface area contributed by atoms with Crippen LogP contribution in [0.1, 0.15) is 47.2 Å². The maximum atomic E-state index is 12.2. The quantitative estimate of drug-likeness (QED) is 0.367. The van der Waals surface area contributed by atoms with E-state index >= 15 is 0 Å². The van der Waals surface area contributed by atoms with Gasteiger partial charge < -0.3 is 9.15 Å². The highest BCUT2D eigenvalue weighted by Crippen LogP contribution is 2.31. The van der Waals surface area contributed by atoms with Gasteiger partial charge in [0.05, 0.1) is 4.92 Å². The largest absolute Gasteiger partial charge is 0.466 e. The number of nitrogens with zero attached hydrogens (tertiary/aromatic N) is 1. The molecular weight excluding hydrogens is 286 g/mol. The first kappa shape index (κ1) is 15.8. The second-order valence-electron chi connectivity index (χ2n) is 5.36. The van der Waals surface area contributed by atoms with Crippen LogP contribution >= 0.6 is 0 Å². The monoisotopic (exact) mass is 303 g/mol. The lowest BCUT2D eigenvalue weighted by atomic mass is 10.0. The molecule has 0 atom stereocenters. The lowest BCUT2D eigenvalue weighted by molar-refractivity contribution is -0.385.